The van der Waals surface area contributed by atoms with Crippen molar-refractivity contribution in [1.29, 1.82) is 0 Å². The van der Waals surface area contributed by atoms with Gasteiger partial charge in [0.1, 0.15) is 6.04 Å². The van der Waals surface area contributed by atoms with E-state index in [0.29, 0.717) is 0 Å². The van der Waals surface area contributed by atoms with Crippen molar-refractivity contribution in [2.75, 3.05) is 6.54 Å². The van der Waals surface area contributed by atoms with Crippen LogP contribution in [0.15, 0.2) is 0 Å². The molecule has 0 unspecified atom stereocenters. The zero-order valence-corrected chi connectivity index (χ0v) is 11.7. The normalized spacial score (nSPS) is 12.0. The summed E-state index contributed by atoms with van der Waals surface area (Å²) < 4.78 is 35.4. The van der Waals surface area contributed by atoms with Crippen LogP contribution in [0.5, 0.6) is 0 Å². The summed E-state index contributed by atoms with van der Waals surface area (Å²) in [7, 11) is 0. The van der Waals surface area contributed by atoms with Crippen molar-refractivity contribution >= 4 is 31.3 Å². The Morgan fingerprint density at radius 2 is 1.75 bits per heavy atom. The van der Waals surface area contributed by atoms with Gasteiger partial charge in [0.15, 0.2) is 0 Å². The molecule has 0 fully saturated rings. The molecule has 6 nitrogen and oxygen atoms in total. The van der Waals surface area contributed by atoms with Crippen LogP contribution in [0.4, 0.5) is 13.2 Å². The molecule has 0 rings (SSSR count). The topological polar surface area (TPSA) is 95.5 Å². The lowest BCUT2D eigenvalue weighted by Crippen LogP contribution is -2.40. The summed E-state index contributed by atoms with van der Waals surface area (Å²) in [6.07, 6.45) is -4.39. The maximum Gasteiger partial charge on any atom is 0.471 e. The smallest absolute Gasteiger partial charge is 0.471 e. The number of alkyl halides is 3. The molecule has 0 aliphatic carbocycles. The monoisotopic (exact) mass is 318 g/mol. The molecule has 0 bridgehead atoms. The number of unbranched alkanes of at least 4 members (excludes halogenated alkanes) is 1. The Hall–Kier alpha value is -1.45. The highest BCUT2D eigenvalue weighted by Crippen LogP contribution is 2.14. The maximum atomic E-state index is 11.8. The van der Waals surface area contributed by atoms with Crippen molar-refractivity contribution in [3.05, 3.63) is 0 Å². The Bertz CT molecular complexity index is 350. The van der Waals surface area contributed by atoms with Crippen molar-refractivity contribution in [2.45, 2.75) is 38.4 Å². The molecule has 0 radical (unpaired) electrons. The Morgan fingerprint density at radius 1 is 1.20 bits per heavy atom. The summed E-state index contributed by atoms with van der Waals surface area (Å²) in [4.78, 5) is 31.8. The number of carboxylic acids is 1. The van der Waals surface area contributed by atoms with Crippen LogP contribution in [-0.4, -0.2) is 41.7 Å². The van der Waals surface area contributed by atoms with Gasteiger partial charge in [0, 0.05) is 13.5 Å². The fraction of sp³-hybridized carbons (Fsp3) is 0.700. The second-order valence-electron chi connectivity index (χ2n) is 3.84. The van der Waals surface area contributed by atoms with Gasteiger partial charge in [-0.05, 0) is 19.3 Å². The number of hydrogen-bond donors (Lipinski definition) is 3. The molecule has 0 spiro atoms. The van der Waals surface area contributed by atoms with Crippen LogP contribution in [-0.2, 0) is 14.4 Å². The predicted molar refractivity (Wildman–Crippen MR) is 68.5 cm³/mol. The Kier molecular flexibility index (Phi) is 9.86. The molecule has 0 saturated carbocycles. The van der Waals surface area contributed by atoms with Gasteiger partial charge in [-0.2, -0.15) is 26.7 Å². The van der Waals surface area contributed by atoms with Gasteiger partial charge < -0.3 is 15.7 Å². The second kappa shape index (κ2) is 9.45. The minimum Gasteiger partial charge on any atom is -0.480 e. The number of carbonyl (C=O) groups is 3. The molecule has 1 atom stereocenters. The first-order valence-electron chi connectivity index (χ1n) is 5.49. The highest BCUT2D eigenvalue weighted by Gasteiger charge is 2.38. The number of halogens is 3. The van der Waals surface area contributed by atoms with E-state index in [1.807, 2.05) is 0 Å². The van der Waals surface area contributed by atoms with Crippen LogP contribution in [0.2, 0.25) is 0 Å². The Balaban J connectivity index is 0. The first-order valence-corrected chi connectivity index (χ1v) is 5.49. The van der Waals surface area contributed by atoms with Gasteiger partial charge in [-0.1, -0.05) is 0 Å². The highest BCUT2D eigenvalue weighted by atomic mass is 32.1. The molecule has 10 heteroatoms. The molecule has 2 amide bonds. The lowest BCUT2D eigenvalue weighted by Gasteiger charge is -2.13. The number of amides is 2. The fourth-order valence-electron chi connectivity index (χ4n) is 1.28. The summed E-state index contributed by atoms with van der Waals surface area (Å²) in [6.45, 7) is 0.963. The van der Waals surface area contributed by atoms with Crippen molar-refractivity contribution in [3.8, 4) is 0 Å². The predicted octanol–water partition coefficient (Wildman–Crippen LogP) is 0.537. The van der Waals surface area contributed by atoms with E-state index in [1.165, 1.54) is 6.92 Å². The standard InChI is InChI=1S/C10H15F3N2O4.H2S/c1-6(16)15-7(8(17)18)4-2-3-5-14-9(19)10(11,12)13;/h7H,2-5H2,1H3,(H,14,19)(H,15,16)(H,17,18);1H2/t7-;/m0./s1. The molecule has 0 aliphatic heterocycles. The number of rotatable bonds is 7. The molecule has 20 heavy (non-hydrogen) atoms. The van der Waals surface area contributed by atoms with Crippen LogP contribution in [0.25, 0.3) is 0 Å². The van der Waals surface area contributed by atoms with Crippen LogP contribution < -0.4 is 10.6 Å². The van der Waals surface area contributed by atoms with Gasteiger partial charge in [-0.3, -0.25) is 9.59 Å². The van der Waals surface area contributed by atoms with E-state index < -0.39 is 30.0 Å². The van der Waals surface area contributed by atoms with E-state index in [4.69, 9.17) is 5.11 Å². The molecule has 0 saturated heterocycles. The van der Waals surface area contributed by atoms with Gasteiger partial charge in [0.05, 0.1) is 0 Å². The number of nitrogens with one attached hydrogen (secondary N) is 2. The molecular formula is C10H17F3N2O4S. The van der Waals surface area contributed by atoms with E-state index in [2.05, 4.69) is 5.32 Å². The lowest BCUT2D eigenvalue weighted by atomic mass is 10.1. The van der Waals surface area contributed by atoms with Crippen LogP contribution in [0, 0.1) is 0 Å². The maximum absolute atomic E-state index is 11.8. The third-order valence-corrected chi connectivity index (χ3v) is 2.14. The quantitative estimate of drug-likeness (QED) is 0.597. The van der Waals surface area contributed by atoms with Crippen LogP contribution >= 0.6 is 13.5 Å². The third kappa shape index (κ3) is 9.48. The van der Waals surface area contributed by atoms with Crippen LogP contribution in [0.3, 0.4) is 0 Å². The molecule has 0 aromatic carbocycles. The van der Waals surface area contributed by atoms with Gasteiger partial charge in [0.2, 0.25) is 5.91 Å². The summed E-state index contributed by atoms with van der Waals surface area (Å²) in [5.41, 5.74) is 0. The first kappa shape index (κ1) is 20.9. The van der Waals surface area contributed by atoms with Gasteiger partial charge >= 0.3 is 18.1 Å². The summed E-state index contributed by atoms with van der Waals surface area (Å²) in [5.74, 6) is -3.74. The number of aliphatic carboxylic acids is 1. The summed E-state index contributed by atoms with van der Waals surface area (Å²) in [5, 5.41) is 12.6. The van der Waals surface area contributed by atoms with Gasteiger partial charge in [0.25, 0.3) is 0 Å². The van der Waals surface area contributed by atoms with E-state index in [0.717, 1.165) is 0 Å². The molecule has 0 heterocycles. The molecule has 0 aromatic heterocycles. The van der Waals surface area contributed by atoms with E-state index >= 15 is 0 Å². The summed E-state index contributed by atoms with van der Waals surface area (Å²) in [6, 6.07) is -1.07. The average molecular weight is 318 g/mol. The number of carbonyl (C=O) groups excluding carboxylic acids is 2. The third-order valence-electron chi connectivity index (χ3n) is 2.14. The molecule has 118 valence electrons. The highest BCUT2D eigenvalue weighted by molar-refractivity contribution is 7.59. The number of hydrogen-bond acceptors (Lipinski definition) is 3. The Morgan fingerprint density at radius 3 is 2.15 bits per heavy atom. The van der Waals surface area contributed by atoms with E-state index in [1.54, 1.807) is 5.32 Å². The van der Waals surface area contributed by atoms with Gasteiger partial charge in [-0.25, -0.2) is 4.79 Å². The second-order valence-corrected chi connectivity index (χ2v) is 3.84. The fourth-order valence-corrected chi connectivity index (χ4v) is 1.28. The Labute approximate surface area is 120 Å². The minimum atomic E-state index is -4.92. The first-order chi connectivity index (χ1) is 8.64. The largest absolute Gasteiger partial charge is 0.480 e. The van der Waals surface area contributed by atoms with E-state index in [-0.39, 0.29) is 39.3 Å². The van der Waals surface area contributed by atoms with Crippen molar-refractivity contribution in [2.24, 2.45) is 0 Å². The molecule has 0 aliphatic rings. The minimum absolute atomic E-state index is 0. The zero-order valence-electron chi connectivity index (χ0n) is 10.7. The molecule has 0 aromatic rings. The van der Waals surface area contributed by atoms with Crippen molar-refractivity contribution in [3.63, 3.8) is 0 Å². The zero-order chi connectivity index (χ0) is 15.1. The van der Waals surface area contributed by atoms with Crippen molar-refractivity contribution < 1.29 is 32.7 Å². The number of carboxylic acid groups (broad SMARTS) is 1. The SMILES string of the molecule is CC(=O)N[C@@H](CCCCNC(=O)C(F)(F)F)C(=O)O.S. The van der Waals surface area contributed by atoms with Gasteiger partial charge in [-0.15, -0.1) is 0 Å². The van der Waals surface area contributed by atoms with Crippen molar-refractivity contribution in [1.82, 2.24) is 10.6 Å². The molecular weight excluding hydrogens is 301 g/mol. The van der Waals surface area contributed by atoms with E-state index in [9.17, 15) is 27.6 Å². The lowest BCUT2D eigenvalue weighted by molar-refractivity contribution is -0.173. The molecule has 3 N–H and O–H groups in total. The summed E-state index contributed by atoms with van der Waals surface area (Å²) >= 11 is 0. The average Bonchev–Trinajstić information content (AvgIpc) is 2.24. The van der Waals surface area contributed by atoms with Crippen LogP contribution in [0.1, 0.15) is 26.2 Å².